The fourth-order valence-corrected chi connectivity index (χ4v) is 9.67. The number of carbonyl (C=O) groups excluding carboxylic acids is 3. The van der Waals surface area contributed by atoms with Gasteiger partial charge in [0.15, 0.2) is 23.0 Å². The van der Waals surface area contributed by atoms with Gasteiger partial charge in [-0.15, -0.1) is 0 Å². The van der Waals surface area contributed by atoms with E-state index < -0.39 is 29.9 Å². The lowest BCUT2D eigenvalue weighted by molar-refractivity contribution is -0.160. The van der Waals surface area contributed by atoms with Crippen molar-refractivity contribution in [1.29, 1.82) is 0 Å². The van der Waals surface area contributed by atoms with Gasteiger partial charge in [-0.05, 0) is 87.8 Å². The molecule has 8 rings (SSSR count). The van der Waals surface area contributed by atoms with Gasteiger partial charge in [-0.3, -0.25) is 19.6 Å². The van der Waals surface area contributed by atoms with Crippen LogP contribution < -0.4 is 37.9 Å². The minimum Gasteiger partial charge on any atom is -0.493 e. The molecule has 0 saturated heterocycles. The van der Waals surface area contributed by atoms with E-state index in [1.807, 2.05) is 38.1 Å². The van der Waals surface area contributed by atoms with Crippen LogP contribution in [-0.4, -0.2) is 129 Å². The van der Waals surface area contributed by atoms with E-state index >= 15 is 0 Å². The smallest absolute Gasteiger partial charge is 0.374 e. The number of rotatable bonds is 18. The van der Waals surface area contributed by atoms with Crippen molar-refractivity contribution >= 4 is 29.1 Å². The summed E-state index contributed by atoms with van der Waals surface area (Å²) in [5, 5.41) is 0. The lowest BCUT2D eigenvalue weighted by Crippen LogP contribution is -2.37. The summed E-state index contributed by atoms with van der Waals surface area (Å²) in [5.41, 5.74) is 5.83. The number of aliphatic imine (C=N–C) groups is 2. The highest BCUT2D eigenvalue weighted by Crippen LogP contribution is 2.48. The van der Waals surface area contributed by atoms with E-state index in [-0.39, 0.29) is 48.8 Å². The summed E-state index contributed by atoms with van der Waals surface area (Å²) >= 11 is 0. The van der Waals surface area contributed by atoms with Crippen molar-refractivity contribution in [2.75, 3.05) is 55.9 Å². The molecular weight excluding hydrogens is 881 g/mol. The SMILES string of the molecule is CCOc1cc2c(cc1OC)C(c1cnc(OC)nc1OC)=N[C@@H]1CC[C@@H](OC(=O)CCC(=O)C(=O)O[C@@H]3CC[C@H]4N=C(c5cnc(OC)nc5OC)c5cc(OC)c(OCC)cc5[C@H]4C3)C[C@H]21. The molecule has 2 saturated carbocycles. The Hall–Kier alpha value is -7.05. The van der Waals surface area contributed by atoms with Gasteiger partial charge in [-0.25, -0.2) is 14.8 Å². The summed E-state index contributed by atoms with van der Waals surface area (Å²) in [6.07, 6.45) is 4.65. The highest BCUT2D eigenvalue weighted by Gasteiger charge is 2.42. The minimum atomic E-state index is -0.987. The Morgan fingerprint density at radius 2 is 1.01 bits per heavy atom. The van der Waals surface area contributed by atoms with Gasteiger partial charge in [0.05, 0.1) is 96.9 Å². The average Bonchev–Trinajstić information content (AvgIpc) is 3.36. The number of hydrogen-bond acceptors (Lipinski definition) is 19. The predicted molar refractivity (Wildman–Crippen MR) is 245 cm³/mol. The zero-order valence-corrected chi connectivity index (χ0v) is 39.5. The number of carbonyl (C=O) groups is 3. The average molecular weight is 937 g/mol. The number of ketones is 1. The fraction of sp³-hybridized carbons (Fsp3) is 0.490. The van der Waals surface area contributed by atoms with E-state index in [0.29, 0.717) is 109 Å². The number of ether oxygens (including phenoxy) is 10. The Labute approximate surface area is 393 Å². The van der Waals surface area contributed by atoms with Gasteiger partial charge >= 0.3 is 24.0 Å². The van der Waals surface area contributed by atoms with Crippen LogP contribution in [0.25, 0.3) is 0 Å². The molecule has 19 heteroatoms. The van der Waals surface area contributed by atoms with Gasteiger partial charge in [0.2, 0.25) is 17.5 Å². The Kier molecular flexibility index (Phi) is 14.5. The van der Waals surface area contributed by atoms with Crippen molar-refractivity contribution in [2.24, 2.45) is 9.98 Å². The second kappa shape index (κ2) is 20.9. The Morgan fingerprint density at radius 1 is 0.544 bits per heavy atom. The lowest BCUT2D eigenvalue weighted by atomic mass is 9.74. The largest absolute Gasteiger partial charge is 0.493 e. The third kappa shape index (κ3) is 9.55. The highest BCUT2D eigenvalue weighted by atomic mass is 16.6. The summed E-state index contributed by atoms with van der Waals surface area (Å²) in [5.74, 6) is 0.102. The second-order valence-electron chi connectivity index (χ2n) is 16.6. The zero-order valence-electron chi connectivity index (χ0n) is 39.5. The molecule has 0 radical (unpaired) electrons. The van der Waals surface area contributed by atoms with Crippen LogP contribution in [0.2, 0.25) is 0 Å². The molecule has 4 aromatic rings. The number of fused-ring (bicyclic) bond motifs is 6. The number of nitrogens with zero attached hydrogens (tertiary/aromatic N) is 6. The van der Waals surface area contributed by atoms with Gasteiger partial charge < -0.3 is 47.4 Å². The number of Topliss-reactive ketones (excluding diaryl/α,β-unsaturated/α-hetero) is 1. The molecule has 2 aromatic heterocycles. The Morgan fingerprint density at radius 3 is 1.44 bits per heavy atom. The molecule has 68 heavy (non-hydrogen) atoms. The summed E-state index contributed by atoms with van der Waals surface area (Å²) in [4.78, 5) is 67.7. The number of esters is 2. The van der Waals surface area contributed by atoms with Crippen LogP contribution >= 0.6 is 0 Å². The van der Waals surface area contributed by atoms with E-state index in [9.17, 15) is 14.4 Å². The summed E-state index contributed by atoms with van der Waals surface area (Å²) < 4.78 is 57.0. The molecule has 0 amide bonds. The van der Waals surface area contributed by atoms with Crippen LogP contribution in [0.1, 0.15) is 110 Å². The van der Waals surface area contributed by atoms with Gasteiger partial charge in [-0.1, -0.05) is 0 Å². The first-order valence-electron chi connectivity index (χ1n) is 22.7. The monoisotopic (exact) mass is 936 g/mol. The third-order valence-electron chi connectivity index (χ3n) is 12.8. The second-order valence-corrected chi connectivity index (χ2v) is 16.6. The van der Waals surface area contributed by atoms with Crippen LogP contribution in [0.5, 0.6) is 46.8 Å². The highest BCUT2D eigenvalue weighted by molar-refractivity contribution is 6.33. The number of hydrogen-bond donors (Lipinski definition) is 0. The quantitative estimate of drug-likeness (QED) is 0.0829. The van der Waals surface area contributed by atoms with E-state index in [1.54, 1.807) is 26.6 Å². The third-order valence-corrected chi connectivity index (χ3v) is 12.8. The molecule has 360 valence electrons. The first kappa shape index (κ1) is 47.4. The van der Waals surface area contributed by atoms with Crippen LogP contribution in [0.3, 0.4) is 0 Å². The van der Waals surface area contributed by atoms with Crippen LogP contribution in [0, 0.1) is 0 Å². The van der Waals surface area contributed by atoms with E-state index in [1.165, 1.54) is 28.4 Å². The van der Waals surface area contributed by atoms with E-state index in [0.717, 1.165) is 22.3 Å². The molecule has 4 heterocycles. The van der Waals surface area contributed by atoms with Crippen LogP contribution in [-0.2, 0) is 23.9 Å². The molecular formula is C49H56N6O13. The maximum absolute atomic E-state index is 13.3. The molecule has 2 aliphatic heterocycles. The van der Waals surface area contributed by atoms with Crippen molar-refractivity contribution in [3.8, 4) is 46.8 Å². The Balaban J connectivity index is 0.923. The van der Waals surface area contributed by atoms with Gasteiger partial charge in [-0.2, -0.15) is 9.97 Å². The molecule has 4 aliphatic rings. The van der Waals surface area contributed by atoms with Crippen molar-refractivity contribution in [3.63, 3.8) is 0 Å². The maximum Gasteiger partial charge on any atom is 0.374 e. The van der Waals surface area contributed by atoms with Crippen molar-refractivity contribution < 1.29 is 61.8 Å². The normalized spacial score (nSPS) is 21.2. The van der Waals surface area contributed by atoms with Crippen LogP contribution in [0.4, 0.5) is 0 Å². The van der Waals surface area contributed by atoms with Crippen molar-refractivity contribution in [1.82, 2.24) is 19.9 Å². The summed E-state index contributed by atoms with van der Waals surface area (Å²) in [7, 11) is 9.14. The predicted octanol–water partition coefficient (Wildman–Crippen LogP) is 5.96. The van der Waals surface area contributed by atoms with Gasteiger partial charge in [0, 0.05) is 41.8 Å². The maximum atomic E-state index is 13.3. The number of aromatic nitrogens is 4. The van der Waals surface area contributed by atoms with Gasteiger partial charge in [0.25, 0.3) is 0 Å². The molecule has 2 aliphatic carbocycles. The van der Waals surface area contributed by atoms with Gasteiger partial charge in [0.1, 0.15) is 12.2 Å². The first-order chi connectivity index (χ1) is 33.0. The zero-order chi connectivity index (χ0) is 48.1. The topological polar surface area (TPSA) is 220 Å². The summed E-state index contributed by atoms with van der Waals surface area (Å²) in [6, 6.07) is 7.61. The van der Waals surface area contributed by atoms with E-state index in [4.69, 9.17) is 57.4 Å². The molecule has 0 N–H and O–H groups in total. The lowest BCUT2D eigenvalue weighted by Gasteiger charge is -2.38. The fourth-order valence-electron chi connectivity index (χ4n) is 9.67. The molecule has 19 nitrogen and oxygen atoms in total. The van der Waals surface area contributed by atoms with Crippen molar-refractivity contribution in [3.05, 3.63) is 70.0 Å². The first-order valence-corrected chi connectivity index (χ1v) is 22.7. The standard InChI is InChI=1S/C49H56N6O13/c1-9-65-40-19-27-29-17-25(11-13-35(29)52-43(31(27)21-38(40)59-3)33-23-50-48(63-7)54-45(33)61-5)67-42(57)16-15-37(56)47(58)68-26-12-14-36-30(18-26)28-20-41(66-10-2)39(60-4)22-32(28)44(53-36)34-24-51-49(64-8)55-46(34)62-6/h19-26,29-30,35-36H,9-18H2,1-8H3/t25-,26-,29-,30-,35-,36-/m1/s1. The molecule has 0 bridgehead atoms. The Bertz CT molecular complexity index is 2620. The van der Waals surface area contributed by atoms with Crippen LogP contribution in [0.15, 0.2) is 46.6 Å². The van der Waals surface area contributed by atoms with Crippen molar-refractivity contribution in [2.45, 2.75) is 101 Å². The molecule has 0 spiro atoms. The molecule has 0 unspecified atom stereocenters. The molecule has 2 aromatic carbocycles. The minimum absolute atomic E-state index is 0.136. The molecule has 2 fully saturated rings. The number of benzene rings is 2. The molecule has 6 atom stereocenters. The summed E-state index contributed by atoms with van der Waals surface area (Å²) in [6.45, 7) is 4.63. The van der Waals surface area contributed by atoms with E-state index in [2.05, 4.69) is 19.9 Å². The number of methoxy groups -OCH3 is 6.